The number of hydrogen-bond donors (Lipinski definition) is 4. The zero-order chi connectivity index (χ0) is 16.4. The Labute approximate surface area is 127 Å². The SMILES string of the molecule is O=C(O)CCCNC(=O)NCC(O)COc1ccc(F)cc1. The molecule has 22 heavy (non-hydrogen) atoms. The molecular weight excluding hydrogens is 295 g/mol. The van der Waals surface area contributed by atoms with E-state index in [1.807, 2.05) is 0 Å². The van der Waals surface area contributed by atoms with E-state index in [0.29, 0.717) is 12.2 Å². The Morgan fingerprint density at radius 1 is 1.23 bits per heavy atom. The van der Waals surface area contributed by atoms with Gasteiger partial charge in [0.1, 0.15) is 24.3 Å². The molecule has 0 aliphatic carbocycles. The number of aliphatic carboxylic acids is 1. The fraction of sp³-hybridized carbons (Fsp3) is 0.429. The van der Waals surface area contributed by atoms with Gasteiger partial charge in [-0.05, 0) is 30.7 Å². The summed E-state index contributed by atoms with van der Waals surface area (Å²) in [4.78, 5) is 21.6. The minimum atomic E-state index is -0.921. The molecule has 0 spiro atoms. The molecule has 0 bridgehead atoms. The minimum absolute atomic E-state index is 0.0194. The Bertz CT molecular complexity index is 481. The Balaban J connectivity index is 2.11. The normalized spacial score (nSPS) is 11.5. The highest BCUT2D eigenvalue weighted by Crippen LogP contribution is 2.11. The highest BCUT2D eigenvalue weighted by Gasteiger charge is 2.08. The summed E-state index contributed by atoms with van der Waals surface area (Å²) in [5, 5.41) is 23.0. The number of nitrogens with one attached hydrogen (secondary N) is 2. The molecular formula is C14H19FN2O5. The summed E-state index contributed by atoms with van der Waals surface area (Å²) < 4.78 is 17.9. The molecule has 0 aromatic heterocycles. The molecule has 0 aliphatic rings. The summed E-state index contributed by atoms with van der Waals surface area (Å²) in [6, 6.07) is 4.86. The maximum Gasteiger partial charge on any atom is 0.314 e. The third kappa shape index (κ3) is 8.05. The summed E-state index contributed by atoms with van der Waals surface area (Å²) in [6.45, 7) is 0.164. The van der Waals surface area contributed by atoms with Gasteiger partial charge in [0.15, 0.2) is 0 Å². The summed E-state index contributed by atoms with van der Waals surface area (Å²) in [5.41, 5.74) is 0. The first-order valence-corrected chi connectivity index (χ1v) is 6.77. The lowest BCUT2D eigenvalue weighted by Gasteiger charge is -2.13. The van der Waals surface area contributed by atoms with Crippen molar-refractivity contribution in [3.63, 3.8) is 0 Å². The van der Waals surface area contributed by atoms with Gasteiger partial charge < -0.3 is 25.6 Å². The van der Waals surface area contributed by atoms with Crippen molar-refractivity contribution in [3.05, 3.63) is 30.1 Å². The predicted molar refractivity (Wildman–Crippen MR) is 76.2 cm³/mol. The van der Waals surface area contributed by atoms with Gasteiger partial charge in [-0.25, -0.2) is 9.18 Å². The van der Waals surface area contributed by atoms with Crippen molar-refractivity contribution >= 4 is 12.0 Å². The minimum Gasteiger partial charge on any atom is -0.491 e. The second kappa shape index (κ2) is 9.56. The lowest BCUT2D eigenvalue weighted by molar-refractivity contribution is -0.137. The van der Waals surface area contributed by atoms with Crippen LogP contribution in [0.15, 0.2) is 24.3 Å². The van der Waals surface area contributed by atoms with Gasteiger partial charge >= 0.3 is 12.0 Å². The van der Waals surface area contributed by atoms with Crippen LogP contribution in [0.25, 0.3) is 0 Å². The van der Waals surface area contributed by atoms with Crippen molar-refractivity contribution in [2.75, 3.05) is 19.7 Å². The van der Waals surface area contributed by atoms with Gasteiger partial charge in [-0.15, -0.1) is 0 Å². The van der Waals surface area contributed by atoms with Gasteiger partial charge in [0, 0.05) is 19.5 Å². The number of carboxylic acid groups (broad SMARTS) is 1. The molecule has 1 unspecified atom stereocenters. The van der Waals surface area contributed by atoms with Gasteiger partial charge in [0.25, 0.3) is 0 Å². The van der Waals surface area contributed by atoms with Gasteiger partial charge in [0.2, 0.25) is 0 Å². The zero-order valence-corrected chi connectivity index (χ0v) is 11.9. The van der Waals surface area contributed by atoms with Gasteiger partial charge in [0.05, 0.1) is 0 Å². The van der Waals surface area contributed by atoms with Crippen molar-refractivity contribution in [3.8, 4) is 5.75 Å². The third-order valence-corrected chi connectivity index (χ3v) is 2.61. The molecule has 0 saturated carbocycles. The van der Waals surface area contributed by atoms with Crippen LogP contribution in [0.1, 0.15) is 12.8 Å². The maximum absolute atomic E-state index is 12.7. The fourth-order valence-corrected chi connectivity index (χ4v) is 1.50. The molecule has 2 amide bonds. The highest BCUT2D eigenvalue weighted by molar-refractivity contribution is 5.73. The van der Waals surface area contributed by atoms with Gasteiger partial charge in [-0.1, -0.05) is 0 Å². The molecule has 1 aromatic carbocycles. The van der Waals surface area contributed by atoms with Crippen LogP contribution in [-0.4, -0.2) is 48.0 Å². The van der Waals surface area contributed by atoms with Crippen molar-refractivity contribution < 1.29 is 28.9 Å². The number of urea groups is 1. The number of aliphatic hydroxyl groups is 1. The van der Waals surface area contributed by atoms with E-state index < -0.39 is 18.1 Å². The van der Waals surface area contributed by atoms with Crippen LogP contribution in [0.3, 0.4) is 0 Å². The van der Waals surface area contributed by atoms with E-state index in [1.165, 1.54) is 24.3 Å². The van der Waals surface area contributed by atoms with Crippen molar-refractivity contribution in [1.29, 1.82) is 0 Å². The van der Waals surface area contributed by atoms with Crippen LogP contribution in [0.2, 0.25) is 0 Å². The van der Waals surface area contributed by atoms with Crippen LogP contribution in [0.4, 0.5) is 9.18 Å². The highest BCUT2D eigenvalue weighted by atomic mass is 19.1. The number of benzene rings is 1. The van der Waals surface area contributed by atoms with Crippen LogP contribution in [0, 0.1) is 5.82 Å². The van der Waals surface area contributed by atoms with E-state index in [0.717, 1.165) is 0 Å². The molecule has 4 N–H and O–H groups in total. The second-order valence-corrected chi connectivity index (χ2v) is 4.55. The van der Waals surface area contributed by atoms with Gasteiger partial charge in [-0.2, -0.15) is 0 Å². The van der Waals surface area contributed by atoms with E-state index in [2.05, 4.69) is 10.6 Å². The molecule has 7 nitrogen and oxygen atoms in total. The summed E-state index contributed by atoms with van der Waals surface area (Å²) in [5.74, 6) is -0.886. The van der Waals surface area contributed by atoms with Crippen LogP contribution >= 0.6 is 0 Å². The molecule has 8 heteroatoms. The number of aliphatic hydroxyl groups excluding tert-OH is 1. The van der Waals surface area contributed by atoms with Crippen LogP contribution < -0.4 is 15.4 Å². The number of rotatable bonds is 9. The predicted octanol–water partition coefficient (Wildman–Crippen LogP) is 0.729. The quantitative estimate of drug-likeness (QED) is 0.503. The Morgan fingerprint density at radius 2 is 1.91 bits per heavy atom. The number of hydrogen-bond acceptors (Lipinski definition) is 4. The number of carboxylic acids is 1. The van der Waals surface area contributed by atoms with E-state index in [-0.39, 0.29) is 31.9 Å². The Kier molecular flexibility index (Phi) is 7.69. The van der Waals surface area contributed by atoms with Gasteiger partial charge in [-0.3, -0.25) is 4.79 Å². The van der Waals surface area contributed by atoms with Crippen molar-refractivity contribution in [1.82, 2.24) is 10.6 Å². The molecule has 0 heterocycles. The summed E-state index contributed by atoms with van der Waals surface area (Å²) >= 11 is 0. The van der Waals surface area contributed by atoms with Crippen LogP contribution in [-0.2, 0) is 4.79 Å². The topological polar surface area (TPSA) is 108 Å². The largest absolute Gasteiger partial charge is 0.491 e. The van der Waals surface area contributed by atoms with E-state index >= 15 is 0 Å². The molecule has 1 aromatic rings. The standard InChI is InChI=1S/C14H19FN2O5/c15-10-3-5-12(6-4-10)22-9-11(18)8-17-14(21)16-7-1-2-13(19)20/h3-6,11,18H,1-2,7-9H2,(H,19,20)(H2,16,17,21). The first kappa shape index (κ1) is 17.7. The Morgan fingerprint density at radius 3 is 2.55 bits per heavy atom. The maximum atomic E-state index is 12.7. The number of carbonyl (C=O) groups is 2. The average Bonchev–Trinajstić information content (AvgIpc) is 2.48. The molecule has 1 atom stereocenters. The number of amides is 2. The molecule has 0 fully saturated rings. The summed E-state index contributed by atoms with van der Waals surface area (Å²) in [6.07, 6.45) is -0.609. The van der Waals surface area contributed by atoms with Crippen LogP contribution in [0.5, 0.6) is 5.75 Å². The molecule has 0 aliphatic heterocycles. The second-order valence-electron chi connectivity index (χ2n) is 4.55. The number of ether oxygens (including phenoxy) is 1. The number of carbonyl (C=O) groups excluding carboxylic acids is 1. The zero-order valence-electron chi connectivity index (χ0n) is 11.9. The monoisotopic (exact) mass is 314 g/mol. The number of halogens is 1. The molecule has 0 radical (unpaired) electrons. The molecule has 0 saturated heterocycles. The first-order chi connectivity index (χ1) is 10.5. The average molecular weight is 314 g/mol. The van der Waals surface area contributed by atoms with Crippen molar-refractivity contribution in [2.24, 2.45) is 0 Å². The lowest BCUT2D eigenvalue weighted by Crippen LogP contribution is -2.41. The fourth-order valence-electron chi connectivity index (χ4n) is 1.50. The van der Waals surface area contributed by atoms with E-state index in [9.17, 15) is 19.1 Å². The van der Waals surface area contributed by atoms with E-state index in [4.69, 9.17) is 9.84 Å². The van der Waals surface area contributed by atoms with E-state index in [1.54, 1.807) is 0 Å². The lowest BCUT2D eigenvalue weighted by atomic mass is 10.3. The summed E-state index contributed by atoms with van der Waals surface area (Å²) in [7, 11) is 0. The molecule has 122 valence electrons. The first-order valence-electron chi connectivity index (χ1n) is 6.77. The third-order valence-electron chi connectivity index (χ3n) is 2.61. The molecule has 1 rings (SSSR count). The Hall–Kier alpha value is -2.35. The smallest absolute Gasteiger partial charge is 0.314 e. The van der Waals surface area contributed by atoms with Crippen molar-refractivity contribution in [2.45, 2.75) is 18.9 Å².